The quantitative estimate of drug-likeness (QED) is 0.435. The van der Waals surface area contributed by atoms with E-state index in [0.717, 1.165) is 12.0 Å². The number of aryl methyl sites for hydroxylation is 1. The van der Waals surface area contributed by atoms with E-state index < -0.39 is 5.97 Å². The van der Waals surface area contributed by atoms with Crippen LogP contribution in [0.1, 0.15) is 32.3 Å². The van der Waals surface area contributed by atoms with Crippen molar-refractivity contribution in [1.82, 2.24) is 0 Å². The lowest BCUT2D eigenvalue weighted by Gasteiger charge is -2.07. The van der Waals surface area contributed by atoms with Crippen LogP contribution in [0.2, 0.25) is 0 Å². The predicted molar refractivity (Wildman–Crippen MR) is 61.4 cm³/mol. The molecule has 0 saturated carbocycles. The summed E-state index contributed by atoms with van der Waals surface area (Å²) in [4.78, 5) is 22.5. The Bertz CT molecular complexity index is 383. The summed E-state index contributed by atoms with van der Waals surface area (Å²) < 4.78 is 5.15. The predicted octanol–water partition coefficient (Wildman–Crippen LogP) is 2.52. The molecule has 0 N–H and O–H groups in total. The fourth-order valence-corrected chi connectivity index (χ4v) is 1.34. The third kappa shape index (κ3) is 3.50. The second-order valence-corrected chi connectivity index (χ2v) is 3.50. The van der Waals surface area contributed by atoms with E-state index in [1.54, 1.807) is 13.0 Å². The van der Waals surface area contributed by atoms with Crippen LogP contribution >= 0.6 is 0 Å². The van der Waals surface area contributed by atoms with Gasteiger partial charge in [0, 0.05) is 6.42 Å². The molecule has 3 nitrogen and oxygen atoms in total. The average Bonchev–Trinajstić information content (AvgIpc) is 2.29. The van der Waals surface area contributed by atoms with Gasteiger partial charge >= 0.3 is 5.97 Å². The summed E-state index contributed by atoms with van der Waals surface area (Å²) in [6.45, 7) is 3.72. The summed E-state index contributed by atoms with van der Waals surface area (Å²) >= 11 is 0. The van der Waals surface area contributed by atoms with Crippen LogP contribution in [-0.2, 0) is 16.0 Å². The van der Waals surface area contributed by atoms with Crippen molar-refractivity contribution in [2.24, 2.45) is 0 Å². The van der Waals surface area contributed by atoms with E-state index in [2.05, 4.69) is 0 Å². The van der Waals surface area contributed by atoms with Crippen molar-refractivity contribution in [3.8, 4) is 5.75 Å². The molecular weight excluding hydrogens is 204 g/mol. The van der Waals surface area contributed by atoms with Gasteiger partial charge in [0.25, 0.3) is 0 Å². The SMILES string of the molecule is CCC(=O)CC(=O)Oc1ccccc1CC. The molecule has 0 aliphatic carbocycles. The Balaban J connectivity index is 2.65. The van der Waals surface area contributed by atoms with Crippen LogP contribution in [0.4, 0.5) is 0 Å². The van der Waals surface area contributed by atoms with Gasteiger partial charge in [0.2, 0.25) is 0 Å². The van der Waals surface area contributed by atoms with E-state index in [1.165, 1.54) is 0 Å². The first-order valence-corrected chi connectivity index (χ1v) is 5.47. The summed E-state index contributed by atoms with van der Waals surface area (Å²) in [5, 5.41) is 0. The number of esters is 1. The van der Waals surface area contributed by atoms with Gasteiger partial charge in [0.15, 0.2) is 0 Å². The maximum Gasteiger partial charge on any atom is 0.318 e. The third-order valence-electron chi connectivity index (χ3n) is 2.31. The van der Waals surface area contributed by atoms with Crippen LogP contribution in [0, 0.1) is 0 Å². The van der Waals surface area contributed by atoms with Gasteiger partial charge in [-0.1, -0.05) is 32.0 Å². The first-order valence-electron chi connectivity index (χ1n) is 5.47. The Morgan fingerprint density at radius 2 is 1.88 bits per heavy atom. The van der Waals surface area contributed by atoms with Gasteiger partial charge in [-0.2, -0.15) is 0 Å². The molecule has 0 heterocycles. The second kappa shape index (κ2) is 6.05. The lowest BCUT2D eigenvalue weighted by Crippen LogP contribution is -2.13. The lowest BCUT2D eigenvalue weighted by atomic mass is 10.1. The normalized spacial score (nSPS) is 9.88. The van der Waals surface area contributed by atoms with E-state index in [9.17, 15) is 9.59 Å². The smallest absolute Gasteiger partial charge is 0.318 e. The first kappa shape index (κ1) is 12.4. The van der Waals surface area contributed by atoms with Crippen LogP contribution in [0.25, 0.3) is 0 Å². The molecule has 3 heteroatoms. The number of carbonyl (C=O) groups excluding carboxylic acids is 2. The number of Topliss-reactive ketones (excluding diaryl/α,β-unsaturated/α-hetero) is 1. The number of benzene rings is 1. The molecule has 0 fully saturated rings. The van der Waals surface area contributed by atoms with Crippen molar-refractivity contribution in [3.63, 3.8) is 0 Å². The average molecular weight is 220 g/mol. The van der Waals surface area contributed by atoms with Gasteiger partial charge in [0.1, 0.15) is 18.0 Å². The number of rotatable bonds is 5. The zero-order valence-electron chi connectivity index (χ0n) is 9.66. The fourth-order valence-electron chi connectivity index (χ4n) is 1.34. The highest BCUT2D eigenvalue weighted by Gasteiger charge is 2.11. The lowest BCUT2D eigenvalue weighted by molar-refractivity contribution is -0.137. The van der Waals surface area contributed by atoms with E-state index in [0.29, 0.717) is 12.2 Å². The van der Waals surface area contributed by atoms with Crippen LogP contribution in [-0.4, -0.2) is 11.8 Å². The highest BCUT2D eigenvalue weighted by atomic mass is 16.5. The first-order chi connectivity index (χ1) is 7.67. The van der Waals surface area contributed by atoms with E-state index in [1.807, 2.05) is 25.1 Å². The molecular formula is C13H16O3. The molecule has 1 aromatic carbocycles. The topological polar surface area (TPSA) is 43.4 Å². The zero-order valence-corrected chi connectivity index (χ0v) is 9.66. The molecule has 0 amide bonds. The van der Waals surface area contributed by atoms with Gasteiger partial charge in [-0.3, -0.25) is 9.59 Å². The summed E-state index contributed by atoms with van der Waals surface area (Å²) in [6.07, 6.45) is 1.02. The molecule has 0 saturated heterocycles. The molecule has 0 atom stereocenters. The molecule has 16 heavy (non-hydrogen) atoms. The van der Waals surface area contributed by atoms with Crippen molar-refractivity contribution in [3.05, 3.63) is 29.8 Å². The largest absolute Gasteiger partial charge is 0.426 e. The third-order valence-corrected chi connectivity index (χ3v) is 2.31. The highest BCUT2D eigenvalue weighted by Crippen LogP contribution is 2.18. The van der Waals surface area contributed by atoms with Crippen molar-refractivity contribution in [1.29, 1.82) is 0 Å². The number of ether oxygens (including phenoxy) is 1. The number of carbonyl (C=O) groups is 2. The number of hydrogen-bond acceptors (Lipinski definition) is 3. The molecule has 0 radical (unpaired) electrons. The van der Waals surface area contributed by atoms with Gasteiger partial charge < -0.3 is 4.74 Å². The van der Waals surface area contributed by atoms with E-state index in [4.69, 9.17) is 4.74 Å². The van der Waals surface area contributed by atoms with Crippen molar-refractivity contribution in [2.75, 3.05) is 0 Å². The zero-order chi connectivity index (χ0) is 12.0. The molecule has 0 aliphatic rings. The Labute approximate surface area is 95.4 Å². The van der Waals surface area contributed by atoms with E-state index in [-0.39, 0.29) is 12.2 Å². The van der Waals surface area contributed by atoms with Crippen LogP contribution in [0.5, 0.6) is 5.75 Å². The Kier molecular flexibility index (Phi) is 4.70. The molecule has 0 aliphatic heterocycles. The second-order valence-electron chi connectivity index (χ2n) is 3.50. The fraction of sp³-hybridized carbons (Fsp3) is 0.385. The molecule has 1 rings (SSSR count). The standard InChI is InChI=1S/C13H16O3/c1-3-10-7-5-6-8-12(10)16-13(15)9-11(14)4-2/h5-8H,3-4,9H2,1-2H3. The van der Waals surface area contributed by atoms with Gasteiger partial charge in [-0.15, -0.1) is 0 Å². The summed E-state index contributed by atoms with van der Waals surface area (Å²) in [6, 6.07) is 7.36. The maximum absolute atomic E-state index is 11.4. The summed E-state index contributed by atoms with van der Waals surface area (Å²) in [7, 11) is 0. The van der Waals surface area contributed by atoms with E-state index >= 15 is 0 Å². The Hall–Kier alpha value is -1.64. The molecule has 0 bridgehead atoms. The minimum Gasteiger partial charge on any atom is -0.426 e. The van der Waals surface area contributed by atoms with Crippen molar-refractivity contribution in [2.45, 2.75) is 33.1 Å². The summed E-state index contributed by atoms with van der Waals surface area (Å²) in [5.41, 5.74) is 0.972. The van der Waals surface area contributed by atoms with Crippen LogP contribution < -0.4 is 4.74 Å². The van der Waals surface area contributed by atoms with Crippen molar-refractivity contribution < 1.29 is 14.3 Å². The molecule has 86 valence electrons. The molecule has 1 aromatic rings. The minimum atomic E-state index is -0.479. The van der Waals surface area contributed by atoms with Gasteiger partial charge in [-0.05, 0) is 18.1 Å². The Morgan fingerprint density at radius 1 is 1.19 bits per heavy atom. The van der Waals surface area contributed by atoms with Crippen LogP contribution in [0.3, 0.4) is 0 Å². The van der Waals surface area contributed by atoms with Gasteiger partial charge in [0.05, 0.1) is 0 Å². The number of ketones is 1. The van der Waals surface area contributed by atoms with Crippen LogP contribution in [0.15, 0.2) is 24.3 Å². The maximum atomic E-state index is 11.4. The van der Waals surface area contributed by atoms with Crippen molar-refractivity contribution >= 4 is 11.8 Å². The molecule has 0 unspecified atom stereocenters. The number of hydrogen-bond donors (Lipinski definition) is 0. The minimum absolute atomic E-state index is 0.0982. The monoisotopic (exact) mass is 220 g/mol. The molecule has 0 aromatic heterocycles. The number of para-hydroxylation sites is 1. The highest BCUT2D eigenvalue weighted by molar-refractivity contribution is 5.96. The summed E-state index contributed by atoms with van der Waals surface area (Å²) in [5.74, 6) is -0.0226. The van der Waals surface area contributed by atoms with Gasteiger partial charge in [-0.25, -0.2) is 0 Å². The Morgan fingerprint density at radius 3 is 2.50 bits per heavy atom. The molecule has 0 spiro atoms.